The Morgan fingerprint density at radius 1 is 0.957 bits per heavy atom. The molecule has 1 amide bonds. The lowest BCUT2D eigenvalue weighted by Crippen LogP contribution is -2.37. The minimum absolute atomic E-state index is 0.0254. The van der Waals surface area contributed by atoms with Crippen molar-refractivity contribution in [2.45, 2.75) is 27.3 Å². The van der Waals surface area contributed by atoms with Crippen molar-refractivity contribution in [2.75, 3.05) is 4.90 Å². The summed E-state index contributed by atoms with van der Waals surface area (Å²) in [6.45, 7) is 6.75. The standard InChI is InChI=1S/C21H21NO/c1-15(2)16(3)21(23)22-14-19-10-5-4-8-17(19)12-13-18-9-6-7-11-20(18)22/h4-11,15-16H,14H2,1-3H3. The van der Waals surface area contributed by atoms with Crippen LogP contribution in [0.4, 0.5) is 5.69 Å². The quantitative estimate of drug-likeness (QED) is 0.760. The van der Waals surface area contributed by atoms with Gasteiger partial charge in [-0.15, -0.1) is 0 Å². The molecule has 1 unspecified atom stereocenters. The zero-order chi connectivity index (χ0) is 16.4. The molecule has 0 fully saturated rings. The minimum Gasteiger partial charge on any atom is -0.306 e. The molecule has 2 aromatic carbocycles. The fourth-order valence-corrected chi connectivity index (χ4v) is 2.71. The Kier molecular flexibility index (Phi) is 4.21. The van der Waals surface area contributed by atoms with Crippen LogP contribution in [0, 0.1) is 23.7 Å². The molecule has 0 aromatic heterocycles. The Morgan fingerprint density at radius 3 is 2.30 bits per heavy atom. The fourth-order valence-electron chi connectivity index (χ4n) is 2.71. The molecule has 0 radical (unpaired) electrons. The number of benzene rings is 2. The summed E-state index contributed by atoms with van der Waals surface area (Å²) in [5, 5.41) is 0. The summed E-state index contributed by atoms with van der Waals surface area (Å²) in [4.78, 5) is 15.0. The van der Waals surface area contributed by atoms with Gasteiger partial charge < -0.3 is 4.90 Å². The maximum Gasteiger partial charge on any atom is 0.230 e. The molecule has 0 saturated carbocycles. The average Bonchev–Trinajstić information content (AvgIpc) is 2.55. The van der Waals surface area contributed by atoms with Crippen LogP contribution in [0.1, 0.15) is 37.5 Å². The van der Waals surface area contributed by atoms with Crippen LogP contribution >= 0.6 is 0 Å². The summed E-state index contributed by atoms with van der Waals surface area (Å²) in [6, 6.07) is 16.0. The minimum atomic E-state index is -0.0254. The molecule has 0 N–H and O–H groups in total. The topological polar surface area (TPSA) is 20.3 Å². The summed E-state index contributed by atoms with van der Waals surface area (Å²) in [5.74, 6) is 6.92. The van der Waals surface area contributed by atoms with E-state index in [2.05, 4.69) is 31.8 Å². The second-order valence-electron chi connectivity index (χ2n) is 6.38. The predicted molar refractivity (Wildman–Crippen MR) is 94.1 cm³/mol. The normalized spacial score (nSPS) is 14.0. The number of para-hydroxylation sites is 1. The highest BCUT2D eigenvalue weighted by Crippen LogP contribution is 2.28. The Bertz CT molecular complexity index is 795. The molecule has 1 heterocycles. The molecule has 116 valence electrons. The van der Waals surface area contributed by atoms with E-state index in [0.29, 0.717) is 12.5 Å². The number of hydrogen-bond donors (Lipinski definition) is 0. The molecule has 2 aromatic rings. The van der Waals surface area contributed by atoms with Gasteiger partial charge in [0, 0.05) is 17.0 Å². The van der Waals surface area contributed by atoms with Crippen molar-refractivity contribution in [1.82, 2.24) is 0 Å². The SMILES string of the molecule is CC(C)C(C)C(=O)N1Cc2ccccc2C#Cc2ccccc21. The largest absolute Gasteiger partial charge is 0.306 e. The van der Waals surface area contributed by atoms with Crippen LogP contribution in [0.3, 0.4) is 0 Å². The van der Waals surface area contributed by atoms with E-state index < -0.39 is 0 Å². The van der Waals surface area contributed by atoms with E-state index in [0.717, 1.165) is 22.4 Å². The van der Waals surface area contributed by atoms with Gasteiger partial charge in [-0.25, -0.2) is 0 Å². The molecule has 0 spiro atoms. The number of anilines is 1. The summed E-state index contributed by atoms with van der Waals surface area (Å²) >= 11 is 0. The Labute approximate surface area is 138 Å². The van der Waals surface area contributed by atoms with Crippen LogP contribution in [-0.2, 0) is 11.3 Å². The van der Waals surface area contributed by atoms with E-state index in [-0.39, 0.29) is 11.8 Å². The summed E-state index contributed by atoms with van der Waals surface area (Å²) in [6.07, 6.45) is 0. The Balaban J connectivity index is 2.13. The van der Waals surface area contributed by atoms with Crippen LogP contribution in [-0.4, -0.2) is 5.91 Å². The van der Waals surface area contributed by atoms with Crippen LogP contribution in [0.25, 0.3) is 0 Å². The van der Waals surface area contributed by atoms with Crippen LogP contribution < -0.4 is 4.90 Å². The second kappa shape index (κ2) is 6.30. The number of hydrogen-bond acceptors (Lipinski definition) is 1. The molecule has 0 bridgehead atoms. The van der Waals surface area contributed by atoms with Crippen LogP contribution in [0.5, 0.6) is 0 Å². The van der Waals surface area contributed by atoms with Gasteiger partial charge in [0.2, 0.25) is 5.91 Å². The molecule has 2 nitrogen and oxygen atoms in total. The highest BCUT2D eigenvalue weighted by molar-refractivity contribution is 5.96. The average molecular weight is 303 g/mol. The van der Waals surface area contributed by atoms with Crippen molar-refractivity contribution in [3.05, 3.63) is 65.2 Å². The van der Waals surface area contributed by atoms with E-state index in [4.69, 9.17) is 0 Å². The van der Waals surface area contributed by atoms with E-state index in [1.165, 1.54) is 0 Å². The van der Waals surface area contributed by atoms with Gasteiger partial charge >= 0.3 is 0 Å². The molecule has 1 aliphatic heterocycles. The van der Waals surface area contributed by atoms with Gasteiger partial charge in [0.25, 0.3) is 0 Å². The smallest absolute Gasteiger partial charge is 0.230 e. The number of carbonyl (C=O) groups is 1. The second-order valence-corrected chi connectivity index (χ2v) is 6.38. The van der Waals surface area contributed by atoms with Crippen molar-refractivity contribution in [2.24, 2.45) is 11.8 Å². The summed E-state index contributed by atoms with van der Waals surface area (Å²) < 4.78 is 0. The van der Waals surface area contributed by atoms with Gasteiger partial charge in [0.1, 0.15) is 0 Å². The molecule has 0 aliphatic carbocycles. The third-order valence-corrected chi connectivity index (χ3v) is 4.53. The Morgan fingerprint density at radius 2 is 1.57 bits per heavy atom. The lowest BCUT2D eigenvalue weighted by molar-refractivity contribution is -0.123. The number of amides is 1. The third-order valence-electron chi connectivity index (χ3n) is 4.53. The third kappa shape index (κ3) is 3.00. The van der Waals surface area contributed by atoms with Gasteiger partial charge in [-0.05, 0) is 29.7 Å². The molecule has 2 heteroatoms. The zero-order valence-corrected chi connectivity index (χ0v) is 13.8. The number of nitrogens with zero attached hydrogens (tertiary/aromatic N) is 1. The molecule has 1 atom stereocenters. The maximum atomic E-state index is 13.1. The number of rotatable bonds is 2. The van der Waals surface area contributed by atoms with E-state index in [9.17, 15) is 4.79 Å². The monoisotopic (exact) mass is 303 g/mol. The Hall–Kier alpha value is -2.53. The molecule has 3 rings (SSSR count). The fraction of sp³-hybridized carbons (Fsp3) is 0.286. The zero-order valence-electron chi connectivity index (χ0n) is 13.8. The van der Waals surface area contributed by atoms with Crippen molar-refractivity contribution >= 4 is 11.6 Å². The van der Waals surface area contributed by atoms with Crippen molar-refractivity contribution < 1.29 is 4.79 Å². The highest BCUT2D eigenvalue weighted by Gasteiger charge is 2.26. The first-order chi connectivity index (χ1) is 11.1. The summed E-state index contributed by atoms with van der Waals surface area (Å²) in [7, 11) is 0. The van der Waals surface area contributed by atoms with Gasteiger partial charge in [-0.1, -0.05) is 62.9 Å². The highest BCUT2D eigenvalue weighted by atomic mass is 16.2. The van der Waals surface area contributed by atoms with Crippen molar-refractivity contribution in [3.63, 3.8) is 0 Å². The first-order valence-corrected chi connectivity index (χ1v) is 8.08. The lowest BCUT2D eigenvalue weighted by Gasteiger charge is -2.29. The van der Waals surface area contributed by atoms with Gasteiger partial charge in [0.05, 0.1) is 12.2 Å². The summed E-state index contributed by atoms with van der Waals surface area (Å²) in [5.41, 5.74) is 3.91. The lowest BCUT2D eigenvalue weighted by atomic mass is 9.95. The van der Waals surface area contributed by atoms with E-state index in [1.54, 1.807) is 0 Å². The van der Waals surface area contributed by atoms with Crippen LogP contribution in [0.15, 0.2) is 48.5 Å². The van der Waals surface area contributed by atoms with Gasteiger partial charge in [-0.2, -0.15) is 0 Å². The molecule has 1 aliphatic rings. The van der Waals surface area contributed by atoms with Gasteiger partial charge in [-0.3, -0.25) is 4.79 Å². The van der Waals surface area contributed by atoms with Crippen molar-refractivity contribution in [3.8, 4) is 11.8 Å². The predicted octanol–water partition coefficient (Wildman–Crippen LogP) is 4.23. The number of fused-ring (bicyclic) bond motifs is 2. The molecule has 23 heavy (non-hydrogen) atoms. The first-order valence-electron chi connectivity index (χ1n) is 8.08. The number of carbonyl (C=O) groups excluding carboxylic acids is 1. The van der Waals surface area contributed by atoms with Crippen molar-refractivity contribution in [1.29, 1.82) is 0 Å². The molecular formula is C21H21NO. The van der Waals surface area contributed by atoms with Crippen LogP contribution in [0.2, 0.25) is 0 Å². The van der Waals surface area contributed by atoms with Gasteiger partial charge in [0.15, 0.2) is 0 Å². The maximum absolute atomic E-state index is 13.1. The van der Waals surface area contributed by atoms with E-state index >= 15 is 0 Å². The first kappa shape index (κ1) is 15.4. The molecular weight excluding hydrogens is 282 g/mol. The molecule has 0 saturated heterocycles. The van der Waals surface area contributed by atoms with E-state index in [1.807, 2.05) is 54.3 Å².